The molecule has 14 heavy (non-hydrogen) atoms. The molecule has 0 aliphatic heterocycles. The standard InChI is InChI=1S/C8H17BO3.2Li/c1-2-3-4-5-6-7-8-12-9(10)11;;/h2-8H2,1H3;;/q-2;2*+1. The van der Waals surface area contributed by atoms with Gasteiger partial charge >= 0.3 is 37.7 Å². The van der Waals surface area contributed by atoms with E-state index in [4.69, 9.17) is 0 Å². The molecule has 0 unspecified atom stereocenters. The first-order valence-corrected chi connectivity index (χ1v) is 4.70. The summed E-state index contributed by atoms with van der Waals surface area (Å²) in [6.45, 7) is 2.49. The normalized spacial score (nSPS) is 8.79. The average molecular weight is 186 g/mol. The Balaban J connectivity index is -0.000000605. The maximum absolute atomic E-state index is 9.88. The second-order valence-corrected chi connectivity index (χ2v) is 2.93. The van der Waals surface area contributed by atoms with Crippen LogP contribution in [-0.4, -0.2) is 13.9 Å². The van der Waals surface area contributed by atoms with Crippen molar-refractivity contribution in [2.45, 2.75) is 45.4 Å². The number of rotatable bonds is 8. The Labute approximate surface area is 112 Å². The smallest absolute Gasteiger partial charge is 0.871 e. The molecule has 0 amide bonds. The zero-order chi connectivity index (χ0) is 9.23. The van der Waals surface area contributed by atoms with E-state index in [9.17, 15) is 10.0 Å². The second kappa shape index (κ2) is 16.6. The van der Waals surface area contributed by atoms with Gasteiger partial charge < -0.3 is 14.7 Å². The van der Waals surface area contributed by atoms with E-state index in [0.717, 1.165) is 12.8 Å². The summed E-state index contributed by atoms with van der Waals surface area (Å²) >= 11 is 0. The van der Waals surface area contributed by atoms with Crippen molar-refractivity contribution in [3.8, 4) is 0 Å². The fourth-order valence-corrected chi connectivity index (χ4v) is 1.06. The van der Waals surface area contributed by atoms with Crippen LogP contribution in [0.25, 0.3) is 0 Å². The Bertz CT molecular complexity index is 96.7. The summed E-state index contributed by atoms with van der Waals surface area (Å²) in [5, 5.41) is 19.8. The molecule has 0 fully saturated rings. The number of unbranched alkanes of at least 4 members (excludes halogenated alkanes) is 5. The van der Waals surface area contributed by atoms with Crippen molar-refractivity contribution in [1.29, 1.82) is 0 Å². The van der Waals surface area contributed by atoms with Gasteiger partial charge in [-0.2, -0.15) is 0 Å². The van der Waals surface area contributed by atoms with Gasteiger partial charge in [-0.3, -0.25) is 0 Å². The first-order chi connectivity index (χ1) is 5.77. The van der Waals surface area contributed by atoms with Crippen LogP contribution in [0.3, 0.4) is 0 Å². The van der Waals surface area contributed by atoms with E-state index in [-0.39, 0.29) is 37.7 Å². The van der Waals surface area contributed by atoms with Gasteiger partial charge in [0.2, 0.25) is 0 Å². The summed E-state index contributed by atoms with van der Waals surface area (Å²) < 4.78 is 4.34. The molecule has 0 bridgehead atoms. The molecule has 0 spiro atoms. The minimum Gasteiger partial charge on any atom is -0.871 e. The average Bonchev–Trinajstić information content (AvgIpc) is 2.02. The van der Waals surface area contributed by atoms with E-state index in [1.54, 1.807) is 0 Å². The van der Waals surface area contributed by atoms with Crippen molar-refractivity contribution >= 4 is 7.32 Å². The molecular weight excluding hydrogens is 169 g/mol. The van der Waals surface area contributed by atoms with Crippen LogP contribution < -0.4 is 47.8 Å². The number of hydrogen-bond acceptors (Lipinski definition) is 3. The molecule has 0 saturated heterocycles. The van der Waals surface area contributed by atoms with E-state index < -0.39 is 7.32 Å². The van der Waals surface area contributed by atoms with E-state index in [1.807, 2.05) is 0 Å². The minimum absolute atomic E-state index is 0. The van der Waals surface area contributed by atoms with Crippen molar-refractivity contribution in [3.05, 3.63) is 0 Å². The molecule has 0 aromatic rings. The molecule has 3 nitrogen and oxygen atoms in total. The van der Waals surface area contributed by atoms with Crippen LogP contribution in [0.2, 0.25) is 0 Å². The van der Waals surface area contributed by atoms with Crippen LogP contribution in [0.4, 0.5) is 0 Å². The molecular formula is C8H17BLi2O3. The molecule has 0 saturated carbocycles. The van der Waals surface area contributed by atoms with Crippen LogP contribution in [0.1, 0.15) is 45.4 Å². The van der Waals surface area contributed by atoms with E-state index in [1.165, 1.54) is 25.7 Å². The Morgan fingerprint density at radius 2 is 1.43 bits per heavy atom. The zero-order valence-corrected chi connectivity index (χ0v) is 9.75. The summed E-state index contributed by atoms with van der Waals surface area (Å²) in [6.07, 6.45) is 6.83. The Morgan fingerprint density at radius 1 is 0.929 bits per heavy atom. The van der Waals surface area contributed by atoms with Gasteiger partial charge in [-0.05, 0) is 6.42 Å². The predicted molar refractivity (Wildman–Crippen MR) is 45.1 cm³/mol. The van der Waals surface area contributed by atoms with Gasteiger partial charge in [0.1, 0.15) is 0 Å². The van der Waals surface area contributed by atoms with Crippen LogP contribution >= 0.6 is 0 Å². The fraction of sp³-hybridized carbons (Fsp3) is 1.00. The summed E-state index contributed by atoms with van der Waals surface area (Å²) in [5.74, 6) is 0. The molecule has 0 aromatic carbocycles. The molecule has 0 N–H and O–H groups in total. The zero-order valence-electron chi connectivity index (χ0n) is 9.75. The van der Waals surface area contributed by atoms with Gasteiger partial charge in [-0.1, -0.05) is 39.0 Å². The summed E-state index contributed by atoms with van der Waals surface area (Å²) in [5.41, 5.74) is 0. The van der Waals surface area contributed by atoms with Crippen molar-refractivity contribution in [1.82, 2.24) is 0 Å². The minimum atomic E-state index is -2.10. The molecule has 0 aromatic heterocycles. The summed E-state index contributed by atoms with van der Waals surface area (Å²) in [6, 6.07) is 0. The summed E-state index contributed by atoms with van der Waals surface area (Å²) in [4.78, 5) is 0. The fourth-order valence-electron chi connectivity index (χ4n) is 1.06. The van der Waals surface area contributed by atoms with Crippen molar-refractivity contribution in [2.24, 2.45) is 0 Å². The van der Waals surface area contributed by atoms with Crippen LogP contribution in [-0.2, 0) is 4.65 Å². The third kappa shape index (κ3) is 18.8. The Morgan fingerprint density at radius 3 is 1.93 bits per heavy atom. The van der Waals surface area contributed by atoms with Crippen molar-refractivity contribution in [3.63, 3.8) is 0 Å². The van der Waals surface area contributed by atoms with Gasteiger partial charge in [0, 0.05) is 6.61 Å². The van der Waals surface area contributed by atoms with Crippen LogP contribution in [0.15, 0.2) is 0 Å². The number of hydrogen-bond donors (Lipinski definition) is 0. The van der Waals surface area contributed by atoms with Gasteiger partial charge in [-0.25, -0.2) is 0 Å². The molecule has 0 aliphatic carbocycles. The SMILES string of the molecule is CCCCCCCCOB([O-])[O-].[Li+].[Li+]. The molecule has 0 heterocycles. The van der Waals surface area contributed by atoms with Gasteiger partial charge in [-0.15, -0.1) is 0 Å². The third-order valence-electron chi connectivity index (χ3n) is 1.75. The van der Waals surface area contributed by atoms with Gasteiger partial charge in [0.05, 0.1) is 7.32 Å². The van der Waals surface area contributed by atoms with Crippen LogP contribution in [0.5, 0.6) is 0 Å². The maximum atomic E-state index is 9.88. The molecule has 6 heteroatoms. The molecule has 72 valence electrons. The molecule has 0 atom stereocenters. The topological polar surface area (TPSA) is 55.3 Å². The first kappa shape index (κ1) is 20.5. The van der Waals surface area contributed by atoms with Gasteiger partial charge in [0.15, 0.2) is 0 Å². The third-order valence-corrected chi connectivity index (χ3v) is 1.75. The molecule has 0 aliphatic rings. The predicted octanol–water partition coefficient (Wildman–Crippen LogP) is -5.92. The van der Waals surface area contributed by atoms with E-state index in [2.05, 4.69) is 11.6 Å². The molecule has 0 rings (SSSR count). The monoisotopic (exact) mass is 186 g/mol. The molecule has 0 radical (unpaired) electrons. The van der Waals surface area contributed by atoms with Crippen LogP contribution in [0, 0.1) is 0 Å². The van der Waals surface area contributed by atoms with E-state index >= 15 is 0 Å². The largest absolute Gasteiger partial charge is 1.00 e. The first-order valence-electron chi connectivity index (χ1n) is 4.70. The van der Waals surface area contributed by atoms with Gasteiger partial charge in [0.25, 0.3) is 0 Å². The Hall–Kier alpha value is 1.14. The maximum Gasteiger partial charge on any atom is 1.00 e. The second-order valence-electron chi connectivity index (χ2n) is 2.93. The Kier molecular flexibility index (Phi) is 24.3. The van der Waals surface area contributed by atoms with Crippen molar-refractivity contribution < 1.29 is 52.4 Å². The van der Waals surface area contributed by atoms with Crippen molar-refractivity contribution in [2.75, 3.05) is 6.61 Å². The quantitative estimate of drug-likeness (QED) is 0.280. The summed E-state index contributed by atoms with van der Waals surface area (Å²) in [7, 11) is -2.10. The van der Waals surface area contributed by atoms with E-state index in [0.29, 0.717) is 6.61 Å².